The molecule has 0 saturated heterocycles. The van der Waals surface area contributed by atoms with Crippen molar-refractivity contribution in [2.45, 2.75) is 16.7 Å². The van der Waals surface area contributed by atoms with Crippen molar-refractivity contribution >= 4 is 40.2 Å². The summed E-state index contributed by atoms with van der Waals surface area (Å²) in [6.07, 6.45) is 1.43. The Hall–Kier alpha value is -2.31. The van der Waals surface area contributed by atoms with Crippen molar-refractivity contribution in [3.8, 4) is 5.75 Å². The Morgan fingerprint density at radius 2 is 2.12 bits per heavy atom. The summed E-state index contributed by atoms with van der Waals surface area (Å²) in [5.41, 5.74) is 0.767. The predicted molar refractivity (Wildman–Crippen MR) is 99.8 cm³/mol. The first-order valence-corrected chi connectivity index (χ1v) is 8.99. The van der Waals surface area contributed by atoms with E-state index in [0.717, 1.165) is 4.90 Å². The van der Waals surface area contributed by atoms with Gasteiger partial charge in [-0.2, -0.15) is 0 Å². The molecular weight excluding hydrogens is 377 g/mol. The van der Waals surface area contributed by atoms with Gasteiger partial charge in [-0.05, 0) is 37.3 Å². The van der Waals surface area contributed by atoms with E-state index in [0.29, 0.717) is 21.5 Å². The topological polar surface area (TPSA) is 48.4 Å². The van der Waals surface area contributed by atoms with Crippen LogP contribution in [-0.4, -0.2) is 24.7 Å². The molecule has 0 amide bonds. The summed E-state index contributed by atoms with van der Waals surface area (Å²) >= 11 is 7.17. The maximum absolute atomic E-state index is 14.1. The Morgan fingerprint density at radius 3 is 2.85 bits per heavy atom. The first kappa shape index (κ1) is 18.5. The fourth-order valence-electron chi connectivity index (χ4n) is 2.41. The van der Waals surface area contributed by atoms with E-state index in [-0.39, 0.29) is 17.2 Å². The molecule has 1 aromatic heterocycles. The van der Waals surface area contributed by atoms with Crippen LogP contribution in [0.15, 0.2) is 52.4 Å². The van der Waals surface area contributed by atoms with E-state index in [4.69, 9.17) is 21.1 Å². The van der Waals surface area contributed by atoms with Crippen LogP contribution in [0.5, 0.6) is 5.75 Å². The van der Waals surface area contributed by atoms with Gasteiger partial charge in [-0.25, -0.2) is 9.18 Å². The predicted octanol–water partition coefficient (Wildman–Crippen LogP) is 5.36. The molecule has 26 heavy (non-hydrogen) atoms. The maximum atomic E-state index is 14.1. The normalized spacial score (nSPS) is 10.8. The number of halogens is 2. The zero-order valence-electron chi connectivity index (χ0n) is 14.1. The Bertz CT molecular complexity index is 980. The monoisotopic (exact) mass is 391 g/mol. The third-order valence-electron chi connectivity index (χ3n) is 3.62. The minimum Gasteiger partial charge on any atom is -0.497 e. The van der Waals surface area contributed by atoms with Crippen LogP contribution in [0.3, 0.4) is 0 Å². The van der Waals surface area contributed by atoms with Crippen LogP contribution in [0.2, 0.25) is 5.02 Å². The second-order valence-corrected chi connectivity index (χ2v) is 6.78. The number of fused-ring (bicyclic) bond motifs is 1. The molecule has 0 aliphatic carbocycles. The number of aromatic nitrogens is 1. The van der Waals surface area contributed by atoms with Gasteiger partial charge in [0.2, 0.25) is 0 Å². The quantitative estimate of drug-likeness (QED) is 0.547. The van der Waals surface area contributed by atoms with E-state index in [1.165, 1.54) is 30.1 Å². The highest BCUT2D eigenvalue weighted by Crippen LogP contribution is 2.38. The summed E-state index contributed by atoms with van der Waals surface area (Å²) in [6.45, 7) is 1.95. The number of benzene rings is 2. The number of carbonyl (C=O) groups is 1. The lowest BCUT2D eigenvalue weighted by Gasteiger charge is -2.12. The molecule has 4 nitrogen and oxygen atoms in total. The molecule has 0 aliphatic rings. The van der Waals surface area contributed by atoms with Crippen LogP contribution in [0.1, 0.15) is 17.3 Å². The Balaban J connectivity index is 2.18. The average Bonchev–Trinajstić information content (AvgIpc) is 2.63. The fourth-order valence-corrected chi connectivity index (χ4v) is 3.64. The van der Waals surface area contributed by atoms with Gasteiger partial charge in [0.25, 0.3) is 0 Å². The summed E-state index contributed by atoms with van der Waals surface area (Å²) in [6, 6.07) is 10.1. The third-order valence-corrected chi connectivity index (χ3v) is 5.04. The van der Waals surface area contributed by atoms with Crippen molar-refractivity contribution in [1.29, 1.82) is 0 Å². The standard InChI is InChI=1S/C19H15ClFNO3S/c1-3-25-19(23)14-10-22-17-9-15(20)16(21)8-13(17)18(14)26-12-6-4-5-11(7-12)24-2/h4-10H,3H2,1-2H3. The lowest BCUT2D eigenvalue weighted by molar-refractivity contribution is 0.0522. The number of carbonyl (C=O) groups excluding carboxylic acids is 1. The minimum absolute atomic E-state index is 0.0220. The van der Waals surface area contributed by atoms with Crippen LogP contribution in [0, 0.1) is 5.82 Å². The smallest absolute Gasteiger partial charge is 0.340 e. The van der Waals surface area contributed by atoms with E-state index in [9.17, 15) is 9.18 Å². The molecule has 0 radical (unpaired) electrons. The summed E-state index contributed by atoms with van der Waals surface area (Å²) in [4.78, 5) is 18.0. The fraction of sp³-hybridized carbons (Fsp3) is 0.158. The van der Waals surface area contributed by atoms with E-state index < -0.39 is 11.8 Å². The zero-order valence-corrected chi connectivity index (χ0v) is 15.7. The van der Waals surface area contributed by atoms with Crippen LogP contribution in [0.25, 0.3) is 10.9 Å². The number of nitrogens with zero attached hydrogens (tertiary/aromatic N) is 1. The van der Waals surface area contributed by atoms with Gasteiger partial charge in [-0.1, -0.05) is 29.4 Å². The molecular formula is C19H15ClFNO3S. The molecule has 0 saturated carbocycles. The minimum atomic E-state index is -0.575. The largest absolute Gasteiger partial charge is 0.497 e. The van der Waals surface area contributed by atoms with Crippen LogP contribution in [-0.2, 0) is 4.74 Å². The summed E-state index contributed by atoms with van der Waals surface area (Å²) in [7, 11) is 1.58. The maximum Gasteiger partial charge on any atom is 0.340 e. The van der Waals surface area contributed by atoms with Gasteiger partial charge in [0.05, 0.1) is 29.8 Å². The summed E-state index contributed by atoms with van der Waals surface area (Å²) in [5, 5.41) is 0.469. The van der Waals surface area contributed by atoms with Gasteiger partial charge < -0.3 is 9.47 Å². The van der Waals surface area contributed by atoms with Crippen LogP contribution < -0.4 is 4.74 Å². The van der Waals surface area contributed by atoms with Crippen molar-refractivity contribution in [1.82, 2.24) is 4.98 Å². The number of hydrogen-bond acceptors (Lipinski definition) is 5. The molecule has 134 valence electrons. The van der Waals surface area contributed by atoms with E-state index >= 15 is 0 Å². The molecule has 7 heteroatoms. The first-order valence-electron chi connectivity index (χ1n) is 7.80. The summed E-state index contributed by atoms with van der Waals surface area (Å²) < 4.78 is 24.4. The molecule has 0 atom stereocenters. The molecule has 0 unspecified atom stereocenters. The highest BCUT2D eigenvalue weighted by Gasteiger charge is 2.19. The number of esters is 1. The second kappa shape index (κ2) is 7.93. The molecule has 0 aliphatic heterocycles. The highest BCUT2D eigenvalue weighted by atomic mass is 35.5. The summed E-state index contributed by atoms with van der Waals surface area (Å²) in [5.74, 6) is -0.405. The number of hydrogen-bond donors (Lipinski definition) is 0. The molecule has 3 rings (SSSR count). The van der Waals surface area contributed by atoms with Gasteiger partial charge in [0.1, 0.15) is 11.6 Å². The van der Waals surface area contributed by atoms with E-state index in [1.807, 2.05) is 24.3 Å². The highest BCUT2D eigenvalue weighted by molar-refractivity contribution is 7.99. The number of methoxy groups -OCH3 is 1. The van der Waals surface area contributed by atoms with Gasteiger partial charge in [0, 0.05) is 21.4 Å². The van der Waals surface area contributed by atoms with Gasteiger partial charge >= 0.3 is 5.97 Å². The lowest BCUT2D eigenvalue weighted by Crippen LogP contribution is -2.07. The van der Waals surface area contributed by atoms with Crippen molar-refractivity contribution < 1.29 is 18.7 Å². The SMILES string of the molecule is CCOC(=O)c1cnc2cc(Cl)c(F)cc2c1Sc1cccc(OC)c1. The lowest BCUT2D eigenvalue weighted by atomic mass is 10.1. The molecule has 0 spiro atoms. The average molecular weight is 392 g/mol. The molecule has 2 aromatic carbocycles. The van der Waals surface area contributed by atoms with Crippen LogP contribution in [0.4, 0.5) is 4.39 Å². The Kier molecular flexibility index (Phi) is 5.64. The molecule has 0 fully saturated rings. The number of pyridine rings is 1. The van der Waals surface area contributed by atoms with Crippen molar-refractivity contribution in [3.05, 3.63) is 59.0 Å². The Morgan fingerprint density at radius 1 is 1.31 bits per heavy atom. The molecule has 0 N–H and O–H groups in total. The van der Waals surface area contributed by atoms with Crippen LogP contribution >= 0.6 is 23.4 Å². The number of rotatable bonds is 5. The van der Waals surface area contributed by atoms with Crippen molar-refractivity contribution in [3.63, 3.8) is 0 Å². The van der Waals surface area contributed by atoms with E-state index in [1.54, 1.807) is 14.0 Å². The zero-order chi connectivity index (χ0) is 18.7. The van der Waals surface area contributed by atoms with E-state index in [2.05, 4.69) is 4.98 Å². The van der Waals surface area contributed by atoms with Crippen molar-refractivity contribution in [2.75, 3.05) is 13.7 Å². The molecule has 0 bridgehead atoms. The molecule has 3 aromatic rings. The van der Waals surface area contributed by atoms with Crippen molar-refractivity contribution in [2.24, 2.45) is 0 Å². The van der Waals surface area contributed by atoms with Gasteiger partial charge in [-0.3, -0.25) is 4.98 Å². The third kappa shape index (κ3) is 3.76. The van der Waals surface area contributed by atoms with Gasteiger partial charge in [-0.15, -0.1) is 0 Å². The first-order chi connectivity index (χ1) is 12.5. The second-order valence-electron chi connectivity index (χ2n) is 5.29. The molecule has 1 heterocycles. The van der Waals surface area contributed by atoms with Gasteiger partial charge in [0.15, 0.2) is 0 Å². The Labute approximate surface area is 159 Å². The number of ether oxygens (including phenoxy) is 2.